The SMILES string of the molecule is c1ccc(-c2ccc(N(c3cccc4c3-c3ccccc3C43c4ccccc4N4c5ccccc5Oc5cccc3c54)c3cccc4c3oc3ccccc34)cc2)cc1. The summed E-state index contributed by atoms with van der Waals surface area (Å²) in [7, 11) is 0. The molecule has 0 amide bonds. The number of benzene rings is 9. The van der Waals surface area contributed by atoms with E-state index in [0.29, 0.717) is 0 Å². The fraction of sp³-hybridized carbons (Fsp3) is 0.0182. The van der Waals surface area contributed by atoms with Gasteiger partial charge in [0.1, 0.15) is 5.58 Å². The van der Waals surface area contributed by atoms with Gasteiger partial charge in [0.05, 0.1) is 33.9 Å². The largest absolute Gasteiger partial charge is 0.454 e. The molecule has 1 aromatic heterocycles. The van der Waals surface area contributed by atoms with Gasteiger partial charge in [-0.3, -0.25) is 0 Å². The van der Waals surface area contributed by atoms with Crippen LogP contribution in [-0.4, -0.2) is 0 Å². The Kier molecular flexibility index (Phi) is 6.62. The van der Waals surface area contributed by atoms with Crippen LogP contribution in [0.2, 0.25) is 0 Å². The normalized spacial score (nSPS) is 15.3. The summed E-state index contributed by atoms with van der Waals surface area (Å²) in [4.78, 5) is 4.83. The van der Waals surface area contributed by atoms with Gasteiger partial charge in [-0.1, -0.05) is 152 Å². The minimum Gasteiger partial charge on any atom is -0.454 e. The summed E-state index contributed by atoms with van der Waals surface area (Å²) in [6.45, 7) is 0. The molecule has 3 aliphatic rings. The van der Waals surface area contributed by atoms with Crippen molar-refractivity contribution in [2.45, 2.75) is 5.41 Å². The van der Waals surface area contributed by atoms with E-state index in [0.717, 1.165) is 67.6 Å². The van der Waals surface area contributed by atoms with Crippen LogP contribution < -0.4 is 14.5 Å². The Morgan fingerprint density at radius 3 is 1.95 bits per heavy atom. The van der Waals surface area contributed by atoms with Crippen LogP contribution in [0.5, 0.6) is 11.5 Å². The van der Waals surface area contributed by atoms with Crippen LogP contribution >= 0.6 is 0 Å². The summed E-state index contributed by atoms with van der Waals surface area (Å²) in [6.07, 6.45) is 0. The van der Waals surface area contributed by atoms with Crippen molar-refractivity contribution in [3.05, 3.63) is 229 Å². The average molecular weight is 755 g/mol. The summed E-state index contributed by atoms with van der Waals surface area (Å²) in [5.74, 6) is 1.71. The molecule has 1 unspecified atom stereocenters. The molecule has 0 fully saturated rings. The number of fused-ring (bicyclic) bond motifs is 14. The summed E-state index contributed by atoms with van der Waals surface area (Å²) >= 11 is 0. The molecule has 0 radical (unpaired) electrons. The van der Waals surface area contributed by atoms with Gasteiger partial charge in [0.2, 0.25) is 0 Å². The standard InChI is InChI=1S/C55H34N2O2/c1-2-15-35(16-3-1)36-31-33-37(34-32-36)56(48-27-12-19-39-38-17-5-10-28-49(38)59-54(39)48)47-26-13-22-43-52(47)40-18-4-6-20-41(40)55(43)42-21-7-8-24-45(42)57-46-25-9-11-29-50(46)58-51-30-14-23-44(55)53(51)57/h1-34H. The van der Waals surface area contributed by atoms with Gasteiger partial charge in [0.25, 0.3) is 0 Å². The third kappa shape index (κ3) is 4.32. The third-order valence-electron chi connectivity index (χ3n) is 12.6. The fourth-order valence-electron chi connectivity index (χ4n) is 10.3. The molecule has 1 aliphatic carbocycles. The molecule has 59 heavy (non-hydrogen) atoms. The second-order valence-corrected chi connectivity index (χ2v) is 15.6. The van der Waals surface area contributed by atoms with Gasteiger partial charge >= 0.3 is 0 Å². The number of hydrogen-bond donors (Lipinski definition) is 0. The summed E-state index contributed by atoms with van der Waals surface area (Å²) in [5, 5.41) is 2.19. The van der Waals surface area contributed by atoms with Crippen molar-refractivity contribution >= 4 is 56.1 Å². The highest BCUT2D eigenvalue weighted by Crippen LogP contribution is 2.68. The van der Waals surface area contributed by atoms with E-state index in [4.69, 9.17) is 9.15 Å². The molecule has 13 rings (SSSR count). The molecule has 0 saturated heterocycles. The van der Waals surface area contributed by atoms with Crippen LogP contribution in [0.4, 0.5) is 34.1 Å². The Morgan fingerprint density at radius 2 is 1.05 bits per heavy atom. The average Bonchev–Trinajstić information content (AvgIpc) is 3.83. The van der Waals surface area contributed by atoms with Gasteiger partial charge in [-0.05, 0) is 93.5 Å². The number of furan rings is 1. The first-order chi connectivity index (χ1) is 29.3. The van der Waals surface area contributed by atoms with Crippen LogP contribution in [0.15, 0.2) is 211 Å². The quantitative estimate of drug-likeness (QED) is 0.179. The molecule has 2 aliphatic heterocycles. The first-order valence-corrected chi connectivity index (χ1v) is 20.2. The Balaban J connectivity index is 1.12. The Bertz CT molecular complexity index is 3330. The lowest BCUT2D eigenvalue weighted by Gasteiger charge is -2.47. The third-order valence-corrected chi connectivity index (χ3v) is 12.6. The second-order valence-electron chi connectivity index (χ2n) is 15.6. The highest BCUT2D eigenvalue weighted by molar-refractivity contribution is 6.11. The molecular weight excluding hydrogens is 721 g/mol. The minimum atomic E-state index is -0.635. The molecule has 4 nitrogen and oxygen atoms in total. The van der Waals surface area contributed by atoms with E-state index >= 15 is 0 Å². The fourth-order valence-corrected chi connectivity index (χ4v) is 10.3. The van der Waals surface area contributed by atoms with Crippen molar-refractivity contribution in [2.75, 3.05) is 9.80 Å². The molecule has 1 spiro atoms. The Morgan fingerprint density at radius 1 is 0.424 bits per heavy atom. The van der Waals surface area contributed by atoms with Crippen LogP contribution in [0, 0.1) is 0 Å². The molecule has 4 heteroatoms. The van der Waals surface area contributed by atoms with E-state index in [1.54, 1.807) is 0 Å². The predicted octanol–water partition coefficient (Wildman–Crippen LogP) is 15.0. The van der Waals surface area contributed by atoms with E-state index in [9.17, 15) is 0 Å². The number of hydrogen-bond acceptors (Lipinski definition) is 4. The number of anilines is 6. The van der Waals surface area contributed by atoms with Crippen LogP contribution in [0.3, 0.4) is 0 Å². The summed E-state index contributed by atoms with van der Waals surface area (Å²) in [6, 6.07) is 74.2. The van der Waals surface area contributed by atoms with Gasteiger partial charge in [-0.2, -0.15) is 0 Å². The number of nitrogens with zero attached hydrogens (tertiary/aromatic N) is 2. The van der Waals surface area contributed by atoms with Crippen LogP contribution in [0.25, 0.3) is 44.2 Å². The zero-order valence-corrected chi connectivity index (χ0v) is 31.8. The minimum absolute atomic E-state index is 0.635. The van der Waals surface area contributed by atoms with E-state index in [-0.39, 0.29) is 0 Å². The van der Waals surface area contributed by atoms with Gasteiger partial charge in [-0.25, -0.2) is 0 Å². The van der Waals surface area contributed by atoms with E-state index in [2.05, 4.69) is 204 Å². The topological polar surface area (TPSA) is 28.9 Å². The maximum absolute atomic E-state index is 6.80. The van der Waals surface area contributed by atoms with E-state index < -0.39 is 5.41 Å². The molecule has 3 heterocycles. The number of ether oxygens (including phenoxy) is 1. The zero-order chi connectivity index (χ0) is 38.7. The van der Waals surface area contributed by atoms with Crippen molar-refractivity contribution in [3.63, 3.8) is 0 Å². The van der Waals surface area contributed by atoms with Crippen molar-refractivity contribution in [2.24, 2.45) is 0 Å². The van der Waals surface area contributed by atoms with Crippen molar-refractivity contribution in [1.82, 2.24) is 0 Å². The number of rotatable bonds is 4. The summed E-state index contributed by atoms with van der Waals surface area (Å²) < 4.78 is 13.5. The monoisotopic (exact) mass is 754 g/mol. The number of para-hydroxylation sites is 6. The maximum Gasteiger partial charge on any atom is 0.159 e. The van der Waals surface area contributed by atoms with Crippen LogP contribution in [-0.2, 0) is 5.41 Å². The molecule has 1 atom stereocenters. The smallest absolute Gasteiger partial charge is 0.159 e. The second kappa shape index (κ2) is 12.1. The first-order valence-electron chi connectivity index (χ1n) is 20.2. The lowest BCUT2D eigenvalue weighted by molar-refractivity contribution is 0.473. The van der Waals surface area contributed by atoms with E-state index in [1.807, 2.05) is 12.1 Å². The molecule has 10 aromatic rings. The molecule has 0 N–H and O–H groups in total. The predicted molar refractivity (Wildman–Crippen MR) is 239 cm³/mol. The van der Waals surface area contributed by atoms with Gasteiger partial charge in [0.15, 0.2) is 17.1 Å². The Hall–Kier alpha value is -7.82. The van der Waals surface area contributed by atoms with Crippen molar-refractivity contribution < 1.29 is 9.15 Å². The Labute approximate surface area is 341 Å². The van der Waals surface area contributed by atoms with Gasteiger partial charge in [-0.15, -0.1) is 0 Å². The molecule has 276 valence electrons. The molecule has 0 bridgehead atoms. The van der Waals surface area contributed by atoms with Gasteiger partial charge < -0.3 is 19.0 Å². The first kappa shape index (κ1) is 32.3. The molecular formula is C55H34N2O2. The van der Waals surface area contributed by atoms with Crippen molar-refractivity contribution in [1.29, 1.82) is 0 Å². The zero-order valence-electron chi connectivity index (χ0n) is 31.8. The lowest BCUT2D eigenvalue weighted by Crippen LogP contribution is -2.37. The summed E-state index contributed by atoms with van der Waals surface area (Å²) in [5.41, 5.74) is 17.1. The highest BCUT2D eigenvalue weighted by Gasteiger charge is 2.54. The molecule has 0 saturated carbocycles. The maximum atomic E-state index is 6.80. The molecule has 9 aromatic carbocycles. The highest BCUT2D eigenvalue weighted by atomic mass is 16.5. The lowest BCUT2D eigenvalue weighted by atomic mass is 9.64. The van der Waals surface area contributed by atoms with Gasteiger partial charge in [0, 0.05) is 22.0 Å². The van der Waals surface area contributed by atoms with E-state index in [1.165, 1.54) is 44.5 Å². The van der Waals surface area contributed by atoms with Crippen molar-refractivity contribution in [3.8, 4) is 33.8 Å². The van der Waals surface area contributed by atoms with Crippen LogP contribution in [0.1, 0.15) is 22.3 Å².